The lowest BCUT2D eigenvalue weighted by Crippen LogP contribution is -2.57. The number of hydrogen-bond acceptors (Lipinski definition) is 13. The van der Waals surface area contributed by atoms with E-state index in [1.54, 1.807) is 61.8 Å². The van der Waals surface area contributed by atoms with Crippen LogP contribution in [-0.2, 0) is 63.5 Å². The Morgan fingerprint density at radius 2 is 1.63 bits per heavy atom. The number of fused-ring (bicyclic) bond motifs is 1. The van der Waals surface area contributed by atoms with Gasteiger partial charge in [-0.2, -0.15) is 0 Å². The summed E-state index contributed by atoms with van der Waals surface area (Å²) in [6, 6.07) is 6.44. The highest BCUT2D eigenvalue weighted by atomic mass is 16.8. The van der Waals surface area contributed by atoms with Gasteiger partial charge in [-0.15, -0.1) is 6.42 Å². The summed E-state index contributed by atoms with van der Waals surface area (Å²) in [7, 11) is 0. The first-order valence-corrected chi connectivity index (χ1v) is 16.2. The van der Waals surface area contributed by atoms with Crippen LogP contribution in [0.15, 0.2) is 24.3 Å². The predicted octanol–water partition coefficient (Wildman–Crippen LogP) is 2.12. The van der Waals surface area contributed by atoms with E-state index in [4.69, 9.17) is 44.3 Å². The molecule has 3 fully saturated rings. The quantitative estimate of drug-likeness (QED) is 0.121. The Kier molecular flexibility index (Phi) is 11.9. The van der Waals surface area contributed by atoms with Crippen molar-refractivity contribution in [1.29, 1.82) is 0 Å². The minimum absolute atomic E-state index is 0.0735. The van der Waals surface area contributed by atoms with Crippen molar-refractivity contribution in [3.63, 3.8) is 0 Å². The number of amides is 2. The Hall–Kier alpha value is -4.23. The van der Waals surface area contributed by atoms with E-state index in [0.717, 1.165) is 0 Å². The molecule has 0 aliphatic carbocycles. The molecule has 1 aromatic rings. The van der Waals surface area contributed by atoms with Crippen molar-refractivity contribution < 1.29 is 61.9 Å². The van der Waals surface area contributed by atoms with E-state index in [2.05, 4.69) is 5.92 Å². The third kappa shape index (κ3) is 8.16. The third-order valence-corrected chi connectivity index (χ3v) is 8.17. The zero-order chi connectivity index (χ0) is 36.0. The first-order valence-electron chi connectivity index (χ1n) is 16.2. The molecule has 0 N–H and O–H groups in total. The summed E-state index contributed by atoms with van der Waals surface area (Å²) in [5, 5.41) is 0. The molecule has 3 aliphatic heterocycles. The third-order valence-electron chi connectivity index (χ3n) is 8.17. The van der Waals surface area contributed by atoms with E-state index in [9.17, 15) is 24.0 Å². The van der Waals surface area contributed by atoms with Crippen LogP contribution in [0.1, 0.15) is 53.5 Å². The second-order valence-electron chi connectivity index (χ2n) is 12.1. The summed E-state index contributed by atoms with van der Waals surface area (Å²) in [4.78, 5) is 67.1. The van der Waals surface area contributed by atoms with Crippen LogP contribution < -0.4 is 4.90 Å². The lowest BCUT2D eigenvalue weighted by molar-refractivity contribution is -0.239. The smallest absolute Gasteiger partial charge is 0.350 e. The van der Waals surface area contributed by atoms with Gasteiger partial charge >= 0.3 is 29.9 Å². The zero-order valence-corrected chi connectivity index (χ0v) is 28.7. The topological polar surface area (TPSA) is 166 Å². The van der Waals surface area contributed by atoms with Gasteiger partial charge in [0.25, 0.3) is 5.60 Å². The monoisotopic (exact) mass is 688 g/mol. The number of terminal acetylenes is 1. The van der Waals surface area contributed by atoms with Gasteiger partial charge in [-0.1, -0.05) is 18.1 Å². The molecule has 0 radical (unpaired) electrons. The van der Waals surface area contributed by atoms with Crippen LogP contribution in [0, 0.1) is 12.3 Å². The summed E-state index contributed by atoms with van der Waals surface area (Å²) < 4.78 is 45.2. The van der Waals surface area contributed by atoms with Gasteiger partial charge in [0.2, 0.25) is 5.60 Å². The second kappa shape index (κ2) is 15.5. The first-order chi connectivity index (χ1) is 23.2. The SMILES string of the molecule is C#C[C@@]1(OC(C)=O)[C@@H](COC(Cc2ccc(N3CCCN(CCOC(C)=O)C3=O)cc2)(C(=O)OCC)C(=O)OCC)O[C@@H]2OC(C)(C)O[C@@H]21. The van der Waals surface area contributed by atoms with Crippen LogP contribution in [0.3, 0.4) is 0 Å². The number of rotatable bonds is 14. The molecule has 0 saturated carbocycles. The van der Waals surface area contributed by atoms with E-state index in [0.29, 0.717) is 30.8 Å². The van der Waals surface area contributed by atoms with Gasteiger partial charge in [0.15, 0.2) is 18.2 Å². The molecule has 0 bridgehead atoms. The number of nitrogens with zero attached hydrogens (tertiary/aromatic N) is 2. The molecule has 2 amide bonds. The summed E-state index contributed by atoms with van der Waals surface area (Å²) >= 11 is 0. The maximum absolute atomic E-state index is 13.6. The number of anilines is 1. The van der Waals surface area contributed by atoms with Crippen LogP contribution in [0.2, 0.25) is 0 Å². The molecule has 3 aliphatic rings. The Balaban J connectivity index is 1.60. The van der Waals surface area contributed by atoms with Gasteiger partial charge < -0.3 is 42.8 Å². The maximum atomic E-state index is 13.6. The fraction of sp³-hybridized carbons (Fsp3) is 0.618. The summed E-state index contributed by atoms with van der Waals surface area (Å²) in [5.41, 5.74) is -3.10. The maximum Gasteiger partial charge on any atom is 0.350 e. The second-order valence-corrected chi connectivity index (χ2v) is 12.1. The minimum atomic E-state index is -2.33. The molecule has 15 nitrogen and oxygen atoms in total. The Morgan fingerprint density at radius 1 is 0.980 bits per heavy atom. The number of benzene rings is 1. The van der Waals surface area contributed by atoms with Gasteiger partial charge in [0, 0.05) is 39.0 Å². The van der Waals surface area contributed by atoms with Gasteiger partial charge in [-0.3, -0.25) is 14.5 Å². The minimum Gasteiger partial charge on any atom is -0.464 e. The number of carbonyl (C=O) groups excluding carboxylic acids is 5. The lowest BCUT2D eigenvalue weighted by Gasteiger charge is -2.36. The standard InChI is InChI=1S/C34H44N2O13/c1-8-33(47-23(5)38)26(46-28-27(33)48-32(6,7)49-28)21-45-34(29(39)42-9-2,30(40)43-10-3)20-24-12-14-25(15-13-24)36-17-11-16-35(31(36)41)18-19-44-22(4)37/h1,12-15,26-28H,9-11,16-21H2,2-7H3/t26-,27+,28-,33-/m1/s1. The van der Waals surface area contributed by atoms with Crippen molar-refractivity contribution in [1.82, 2.24) is 4.90 Å². The molecule has 3 heterocycles. The molecule has 49 heavy (non-hydrogen) atoms. The molecule has 3 saturated heterocycles. The van der Waals surface area contributed by atoms with Gasteiger partial charge in [0.05, 0.1) is 26.4 Å². The molecule has 0 unspecified atom stereocenters. The van der Waals surface area contributed by atoms with E-state index in [1.165, 1.54) is 13.8 Å². The highest BCUT2D eigenvalue weighted by molar-refractivity contribution is 6.04. The first kappa shape index (κ1) is 37.6. The van der Waals surface area contributed by atoms with Crippen molar-refractivity contribution in [3.05, 3.63) is 29.8 Å². The van der Waals surface area contributed by atoms with Gasteiger partial charge in [0.1, 0.15) is 12.7 Å². The molecule has 4 atom stereocenters. The number of hydrogen-bond donors (Lipinski definition) is 0. The van der Waals surface area contributed by atoms with Crippen molar-refractivity contribution in [2.24, 2.45) is 0 Å². The zero-order valence-electron chi connectivity index (χ0n) is 28.7. The highest BCUT2D eigenvalue weighted by Gasteiger charge is 2.66. The van der Waals surface area contributed by atoms with Crippen molar-refractivity contribution in [2.45, 2.75) is 89.9 Å². The fourth-order valence-corrected chi connectivity index (χ4v) is 6.01. The molecule has 1 aromatic carbocycles. The van der Waals surface area contributed by atoms with Crippen LogP contribution in [0.5, 0.6) is 0 Å². The van der Waals surface area contributed by atoms with Gasteiger partial charge in [-0.05, 0) is 51.8 Å². The van der Waals surface area contributed by atoms with Crippen LogP contribution in [-0.4, -0.2) is 116 Å². The molecular weight excluding hydrogens is 644 g/mol. The average molecular weight is 689 g/mol. The van der Waals surface area contributed by atoms with E-state index in [-0.39, 0.29) is 38.8 Å². The number of urea groups is 1. The van der Waals surface area contributed by atoms with Crippen molar-refractivity contribution >= 4 is 35.6 Å². The fourth-order valence-electron chi connectivity index (χ4n) is 6.01. The number of ether oxygens (including phenoxy) is 8. The van der Waals surface area contributed by atoms with Crippen molar-refractivity contribution in [3.8, 4) is 12.3 Å². The lowest BCUT2D eigenvalue weighted by atomic mass is 9.91. The molecular formula is C34H44N2O13. The van der Waals surface area contributed by atoms with Crippen LogP contribution in [0.4, 0.5) is 10.5 Å². The van der Waals surface area contributed by atoms with E-state index in [1.807, 2.05) is 0 Å². The summed E-state index contributed by atoms with van der Waals surface area (Å²) in [6.07, 6.45) is 2.99. The summed E-state index contributed by atoms with van der Waals surface area (Å²) in [5.74, 6) is -1.80. The van der Waals surface area contributed by atoms with E-state index >= 15 is 0 Å². The Bertz CT molecular complexity index is 1420. The molecule has 15 heteroatoms. The molecule has 0 spiro atoms. The van der Waals surface area contributed by atoms with Crippen LogP contribution >= 0.6 is 0 Å². The molecule has 268 valence electrons. The largest absolute Gasteiger partial charge is 0.464 e. The van der Waals surface area contributed by atoms with E-state index < -0.39 is 66.0 Å². The molecule has 4 rings (SSSR count). The summed E-state index contributed by atoms with van der Waals surface area (Å²) in [6.45, 7) is 9.60. The van der Waals surface area contributed by atoms with Gasteiger partial charge in [-0.25, -0.2) is 14.4 Å². The average Bonchev–Trinajstić information content (AvgIpc) is 3.49. The Labute approximate surface area is 285 Å². The highest BCUT2D eigenvalue weighted by Crippen LogP contribution is 2.45. The van der Waals surface area contributed by atoms with Crippen LogP contribution in [0.25, 0.3) is 0 Å². The van der Waals surface area contributed by atoms with Crippen molar-refractivity contribution in [2.75, 3.05) is 51.0 Å². The Morgan fingerprint density at radius 3 is 2.20 bits per heavy atom. The number of esters is 4. The number of carbonyl (C=O) groups is 5. The molecule has 0 aromatic heterocycles. The predicted molar refractivity (Wildman–Crippen MR) is 170 cm³/mol. The normalized spacial score (nSPS) is 24.5.